The highest BCUT2D eigenvalue weighted by Gasteiger charge is 2.27. The Labute approximate surface area is 198 Å². The summed E-state index contributed by atoms with van der Waals surface area (Å²) < 4.78 is 34.3. The van der Waals surface area contributed by atoms with Crippen LogP contribution in [0.15, 0.2) is 108 Å². The van der Waals surface area contributed by atoms with Gasteiger partial charge in [-0.15, -0.1) is 0 Å². The summed E-state index contributed by atoms with van der Waals surface area (Å²) in [6.45, 7) is 0.517. The molecule has 0 saturated carbocycles. The minimum atomic E-state index is -3.79. The zero-order valence-corrected chi connectivity index (χ0v) is 19.0. The molecule has 0 aliphatic carbocycles. The molecule has 6 nitrogen and oxygen atoms in total. The van der Waals surface area contributed by atoms with Crippen molar-refractivity contribution in [3.8, 4) is 11.5 Å². The fraction of sp³-hybridized carbons (Fsp3) is 0.0741. The molecule has 1 aliphatic heterocycles. The normalized spacial score (nSPS) is 12.8. The maximum absolute atomic E-state index is 13.0. The van der Waals surface area contributed by atoms with Crippen molar-refractivity contribution in [1.82, 2.24) is 0 Å². The number of anilines is 2. The predicted octanol–water partition coefficient (Wildman–Crippen LogP) is 5.48. The number of amides is 1. The first-order valence-corrected chi connectivity index (χ1v) is 12.3. The third kappa shape index (κ3) is 4.51. The van der Waals surface area contributed by atoms with E-state index in [0.29, 0.717) is 35.7 Å². The summed E-state index contributed by atoms with van der Waals surface area (Å²) in [6, 6.07) is 30.0. The first-order valence-electron chi connectivity index (χ1n) is 10.9. The van der Waals surface area contributed by atoms with Gasteiger partial charge in [-0.2, -0.15) is 0 Å². The Morgan fingerprint density at radius 2 is 1.44 bits per heavy atom. The molecule has 1 amide bonds. The number of para-hydroxylation sites is 1. The number of sulfonamides is 1. The first kappa shape index (κ1) is 21.7. The smallest absolute Gasteiger partial charge is 0.261 e. The molecule has 1 aliphatic rings. The first-order chi connectivity index (χ1) is 16.5. The van der Waals surface area contributed by atoms with Crippen LogP contribution in [0.1, 0.15) is 15.9 Å². The van der Waals surface area contributed by atoms with Crippen molar-refractivity contribution in [1.29, 1.82) is 0 Å². The Bertz CT molecular complexity index is 1420. The van der Waals surface area contributed by atoms with E-state index < -0.39 is 10.0 Å². The number of hydrogen-bond donors (Lipinski definition) is 1. The molecule has 4 aromatic carbocycles. The van der Waals surface area contributed by atoms with E-state index in [-0.39, 0.29) is 10.8 Å². The molecule has 7 heteroatoms. The molecule has 0 saturated heterocycles. The van der Waals surface area contributed by atoms with E-state index in [2.05, 4.69) is 4.72 Å². The van der Waals surface area contributed by atoms with Gasteiger partial charge in [0.15, 0.2) is 0 Å². The summed E-state index contributed by atoms with van der Waals surface area (Å²) >= 11 is 0. The van der Waals surface area contributed by atoms with Crippen LogP contribution in [0.4, 0.5) is 11.4 Å². The monoisotopic (exact) mass is 470 g/mol. The number of carbonyl (C=O) groups is 1. The second kappa shape index (κ2) is 9.03. The van der Waals surface area contributed by atoms with Gasteiger partial charge in [0.1, 0.15) is 11.5 Å². The largest absolute Gasteiger partial charge is 0.457 e. The van der Waals surface area contributed by atoms with Crippen LogP contribution in [-0.2, 0) is 16.4 Å². The van der Waals surface area contributed by atoms with Gasteiger partial charge in [0.25, 0.3) is 15.9 Å². The lowest BCUT2D eigenvalue weighted by molar-refractivity contribution is 0.0989. The zero-order valence-electron chi connectivity index (χ0n) is 18.2. The molecule has 5 rings (SSSR count). The number of nitrogens with one attached hydrogen (secondary N) is 1. The van der Waals surface area contributed by atoms with E-state index in [1.54, 1.807) is 53.4 Å². The summed E-state index contributed by atoms with van der Waals surface area (Å²) in [7, 11) is -3.79. The van der Waals surface area contributed by atoms with Gasteiger partial charge < -0.3 is 9.64 Å². The van der Waals surface area contributed by atoms with Gasteiger partial charge in [-0.1, -0.05) is 36.4 Å². The van der Waals surface area contributed by atoms with Gasteiger partial charge in [-0.05, 0) is 78.7 Å². The lowest BCUT2D eigenvalue weighted by atomic mass is 10.1. The Morgan fingerprint density at radius 1 is 0.794 bits per heavy atom. The SMILES string of the molecule is O=C(c1ccccc1)N1CCc2cc(S(=O)(=O)Nc3ccc(Oc4ccccc4)cc3)ccc21. The number of benzene rings is 4. The second-order valence-electron chi connectivity index (χ2n) is 7.91. The maximum Gasteiger partial charge on any atom is 0.261 e. The third-order valence-corrected chi connectivity index (χ3v) is 6.99. The molecule has 1 N–H and O–H groups in total. The van der Waals surface area contributed by atoms with Crippen molar-refractivity contribution in [2.24, 2.45) is 0 Å². The van der Waals surface area contributed by atoms with E-state index in [1.165, 1.54) is 6.07 Å². The van der Waals surface area contributed by atoms with Crippen LogP contribution in [0, 0.1) is 0 Å². The topological polar surface area (TPSA) is 75.7 Å². The maximum atomic E-state index is 13.0. The Kier molecular flexibility index (Phi) is 5.77. The highest BCUT2D eigenvalue weighted by Crippen LogP contribution is 2.32. The van der Waals surface area contributed by atoms with Crippen molar-refractivity contribution in [2.75, 3.05) is 16.2 Å². The van der Waals surface area contributed by atoms with Crippen molar-refractivity contribution in [3.05, 3.63) is 114 Å². The molecule has 1 heterocycles. The molecular formula is C27H22N2O4S. The van der Waals surface area contributed by atoms with Gasteiger partial charge in [-0.3, -0.25) is 9.52 Å². The Morgan fingerprint density at radius 3 is 2.15 bits per heavy atom. The standard InChI is InChI=1S/C27H22N2O4S/c30-27(20-7-3-1-4-8-20)29-18-17-21-19-25(15-16-26(21)29)34(31,32)28-22-11-13-24(14-12-22)33-23-9-5-2-6-10-23/h1-16,19,28H,17-18H2. The van der Waals surface area contributed by atoms with Crippen LogP contribution in [0.25, 0.3) is 0 Å². The third-order valence-electron chi connectivity index (χ3n) is 5.61. The fourth-order valence-corrected chi connectivity index (χ4v) is 5.03. The summed E-state index contributed by atoms with van der Waals surface area (Å²) in [4.78, 5) is 14.7. The van der Waals surface area contributed by atoms with Crippen molar-refractivity contribution < 1.29 is 17.9 Å². The molecule has 0 radical (unpaired) electrons. The average molecular weight is 471 g/mol. The van der Waals surface area contributed by atoms with Gasteiger partial charge in [0.05, 0.1) is 4.90 Å². The summed E-state index contributed by atoms with van der Waals surface area (Å²) in [5.41, 5.74) is 2.61. The van der Waals surface area contributed by atoms with Gasteiger partial charge in [-0.25, -0.2) is 8.42 Å². The number of fused-ring (bicyclic) bond motifs is 1. The average Bonchev–Trinajstić information content (AvgIpc) is 3.29. The van der Waals surface area contributed by atoms with Crippen LogP contribution in [0.2, 0.25) is 0 Å². The number of ether oxygens (including phenoxy) is 1. The number of rotatable bonds is 6. The number of nitrogens with zero attached hydrogens (tertiary/aromatic N) is 1. The van der Waals surface area contributed by atoms with Crippen molar-refractivity contribution in [2.45, 2.75) is 11.3 Å². The minimum absolute atomic E-state index is 0.0918. The molecule has 0 unspecified atom stereocenters. The zero-order chi connectivity index (χ0) is 23.5. The summed E-state index contributed by atoms with van der Waals surface area (Å²) in [6.07, 6.45) is 0.600. The van der Waals surface area contributed by atoms with Gasteiger partial charge in [0, 0.05) is 23.5 Å². The highest BCUT2D eigenvalue weighted by molar-refractivity contribution is 7.92. The predicted molar refractivity (Wildman–Crippen MR) is 132 cm³/mol. The fourth-order valence-electron chi connectivity index (χ4n) is 3.92. The van der Waals surface area contributed by atoms with Crippen LogP contribution < -0.4 is 14.4 Å². The molecule has 170 valence electrons. The van der Waals surface area contributed by atoms with Gasteiger partial charge >= 0.3 is 0 Å². The van der Waals surface area contributed by atoms with Crippen LogP contribution in [0.5, 0.6) is 11.5 Å². The summed E-state index contributed by atoms with van der Waals surface area (Å²) in [5.74, 6) is 1.22. The number of hydrogen-bond acceptors (Lipinski definition) is 4. The lowest BCUT2D eigenvalue weighted by Gasteiger charge is -2.18. The second-order valence-corrected chi connectivity index (χ2v) is 9.59. The summed E-state index contributed by atoms with van der Waals surface area (Å²) in [5, 5.41) is 0. The lowest BCUT2D eigenvalue weighted by Crippen LogP contribution is -2.28. The van der Waals surface area contributed by atoms with E-state index in [1.807, 2.05) is 48.5 Å². The molecule has 0 atom stereocenters. The van der Waals surface area contributed by atoms with E-state index in [4.69, 9.17) is 4.74 Å². The molecule has 34 heavy (non-hydrogen) atoms. The van der Waals surface area contributed by atoms with Crippen LogP contribution in [-0.4, -0.2) is 20.9 Å². The molecule has 0 bridgehead atoms. The van der Waals surface area contributed by atoms with Crippen molar-refractivity contribution >= 4 is 27.3 Å². The van der Waals surface area contributed by atoms with Crippen molar-refractivity contribution in [3.63, 3.8) is 0 Å². The van der Waals surface area contributed by atoms with Crippen LogP contribution >= 0.6 is 0 Å². The van der Waals surface area contributed by atoms with E-state index in [9.17, 15) is 13.2 Å². The molecular weight excluding hydrogens is 448 g/mol. The molecule has 4 aromatic rings. The number of carbonyl (C=O) groups excluding carboxylic acids is 1. The van der Waals surface area contributed by atoms with Gasteiger partial charge in [0.2, 0.25) is 0 Å². The molecule has 0 aromatic heterocycles. The Hall–Kier alpha value is -4.10. The van der Waals surface area contributed by atoms with E-state index in [0.717, 1.165) is 11.3 Å². The molecule has 0 spiro atoms. The quantitative estimate of drug-likeness (QED) is 0.405. The van der Waals surface area contributed by atoms with Crippen LogP contribution in [0.3, 0.4) is 0 Å². The molecule has 0 fully saturated rings. The minimum Gasteiger partial charge on any atom is -0.457 e. The Balaban J connectivity index is 1.31. The highest BCUT2D eigenvalue weighted by atomic mass is 32.2. The van der Waals surface area contributed by atoms with E-state index >= 15 is 0 Å².